The molecule has 35 heavy (non-hydrogen) atoms. The number of aromatic nitrogens is 3. The first-order valence-corrected chi connectivity index (χ1v) is 13.4. The van der Waals surface area contributed by atoms with Gasteiger partial charge in [0.05, 0.1) is 16.8 Å². The van der Waals surface area contributed by atoms with Crippen molar-refractivity contribution in [1.29, 1.82) is 0 Å². The monoisotopic (exact) mass is 557 g/mol. The molecule has 0 saturated carbocycles. The molecule has 1 atom stereocenters. The van der Waals surface area contributed by atoms with E-state index in [4.69, 9.17) is 14.6 Å². The average Bonchev–Trinajstić information content (AvgIpc) is 3.29. The number of carbonyl (C=O) groups is 1. The van der Waals surface area contributed by atoms with Crippen molar-refractivity contribution in [2.24, 2.45) is 0 Å². The predicted octanol–water partition coefficient (Wildman–Crippen LogP) is 4.80. The lowest BCUT2D eigenvalue weighted by molar-refractivity contribution is -0.763. The van der Waals surface area contributed by atoms with Crippen LogP contribution in [0.3, 0.4) is 0 Å². The molecule has 8 nitrogen and oxygen atoms in total. The van der Waals surface area contributed by atoms with Gasteiger partial charge in [-0.05, 0) is 35.4 Å². The van der Waals surface area contributed by atoms with Gasteiger partial charge in [-0.3, -0.25) is 14.6 Å². The van der Waals surface area contributed by atoms with Crippen molar-refractivity contribution in [3.05, 3.63) is 56.8 Å². The molecule has 1 aromatic heterocycles. The fraction of sp³-hybridized carbons (Fsp3) is 0.360. The van der Waals surface area contributed by atoms with Crippen LogP contribution >= 0.6 is 27.7 Å². The molecule has 1 N–H and O–H groups in total. The van der Waals surface area contributed by atoms with E-state index in [1.54, 1.807) is 9.58 Å². The smallest absolute Gasteiger partial charge is 0.325 e. The Balaban J connectivity index is 1.67. The third-order valence-electron chi connectivity index (χ3n) is 6.10. The Labute approximate surface area is 215 Å². The Hall–Kier alpha value is -2.85. The number of unbranched alkanes of at least 4 members (excludes halogenated alkanes) is 3. The number of thioether (sulfide) groups is 1. The van der Waals surface area contributed by atoms with Crippen molar-refractivity contribution >= 4 is 39.3 Å². The molecule has 3 aromatic rings. The van der Waals surface area contributed by atoms with Crippen LogP contribution in [0.25, 0.3) is 11.3 Å². The number of fused-ring (bicyclic) bond motifs is 4. The molecule has 0 aliphatic carbocycles. The summed E-state index contributed by atoms with van der Waals surface area (Å²) in [4.78, 5) is 31.1. The van der Waals surface area contributed by atoms with Crippen molar-refractivity contribution in [3.63, 3.8) is 0 Å². The van der Waals surface area contributed by atoms with Gasteiger partial charge in [0.2, 0.25) is 17.9 Å². The van der Waals surface area contributed by atoms with Gasteiger partial charge in [0.15, 0.2) is 11.5 Å². The minimum atomic E-state index is -0.692. The number of carbonyl (C=O) groups excluding carboxylic acids is 1. The number of hydrogen-bond acceptors (Lipinski definition) is 6. The zero-order valence-electron chi connectivity index (χ0n) is 19.5. The third-order valence-corrected chi connectivity index (χ3v) is 7.74. The van der Waals surface area contributed by atoms with Crippen molar-refractivity contribution in [1.82, 2.24) is 10.1 Å². The summed E-state index contributed by atoms with van der Waals surface area (Å²) < 4.78 is 13.5. The van der Waals surface area contributed by atoms with Gasteiger partial charge >= 0.3 is 11.3 Å². The van der Waals surface area contributed by atoms with Gasteiger partial charge in [-0.1, -0.05) is 66.0 Å². The minimum Gasteiger partial charge on any atom is -0.454 e. The summed E-state index contributed by atoms with van der Waals surface area (Å²) in [6, 6.07) is 11.1. The van der Waals surface area contributed by atoms with E-state index in [-0.39, 0.29) is 18.3 Å². The van der Waals surface area contributed by atoms with Crippen molar-refractivity contribution in [2.45, 2.75) is 50.9 Å². The van der Waals surface area contributed by atoms with Gasteiger partial charge in [-0.25, -0.2) is 4.90 Å². The van der Waals surface area contributed by atoms with Gasteiger partial charge < -0.3 is 9.47 Å². The van der Waals surface area contributed by atoms with Crippen LogP contribution in [0, 0.1) is 0 Å². The third kappa shape index (κ3) is 4.45. The van der Waals surface area contributed by atoms with E-state index in [9.17, 15) is 9.59 Å². The van der Waals surface area contributed by atoms with Crippen molar-refractivity contribution < 1.29 is 19.0 Å². The molecule has 2 aromatic carbocycles. The molecule has 10 heteroatoms. The summed E-state index contributed by atoms with van der Waals surface area (Å²) in [5, 5.41) is 5.38. The first-order valence-electron chi connectivity index (χ1n) is 11.7. The number of para-hydroxylation sites is 1. The number of H-pyrrole nitrogens is 1. The largest absolute Gasteiger partial charge is 0.454 e. The van der Waals surface area contributed by atoms with E-state index in [1.165, 1.54) is 31.5 Å². The number of benzene rings is 2. The molecule has 3 heterocycles. The van der Waals surface area contributed by atoms with Crippen LogP contribution in [-0.2, 0) is 4.79 Å². The lowest BCUT2D eigenvalue weighted by atomic mass is 10.0. The lowest BCUT2D eigenvalue weighted by Crippen LogP contribution is -2.60. The number of aromatic amines is 1. The Bertz CT molecular complexity index is 1350. The molecular formula is C25H26BrN4O4S+. The molecule has 182 valence electrons. The number of ether oxygens (including phenoxy) is 2. The fourth-order valence-corrected chi connectivity index (χ4v) is 5.87. The van der Waals surface area contributed by atoms with Crippen LogP contribution < -0.4 is 24.6 Å². The summed E-state index contributed by atoms with van der Waals surface area (Å²) >= 11 is 5.17. The molecule has 5 rings (SSSR count). The fourth-order valence-electron chi connectivity index (χ4n) is 4.49. The van der Waals surface area contributed by atoms with E-state index in [2.05, 4.69) is 27.8 Å². The van der Waals surface area contributed by atoms with E-state index in [0.29, 0.717) is 33.6 Å². The van der Waals surface area contributed by atoms with Crippen LogP contribution in [0.15, 0.2) is 50.8 Å². The Morgan fingerprint density at radius 3 is 2.77 bits per heavy atom. The lowest BCUT2D eigenvalue weighted by Gasteiger charge is -2.31. The summed E-state index contributed by atoms with van der Waals surface area (Å²) in [5.41, 5.74) is 2.21. The molecular weight excluding hydrogens is 532 g/mol. The van der Waals surface area contributed by atoms with E-state index < -0.39 is 6.17 Å². The topological polar surface area (TPSA) is 88.4 Å². The average molecular weight is 558 g/mol. The number of halogens is 1. The van der Waals surface area contributed by atoms with Crippen molar-refractivity contribution in [3.8, 4) is 22.8 Å². The first kappa shape index (κ1) is 23.9. The molecule has 2 aliphatic rings. The maximum absolute atomic E-state index is 13.4. The second kappa shape index (κ2) is 10.0. The molecule has 0 bridgehead atoms. The zero-order chi connectivity index (χ0) is 24.5. The Morgan fingerprint density at radius 2 is 2.00 bits per heavy atom. The molecule has 1 amide bonds. The normalized spacial score (nSPS) is 15.6. The highest BCUT2D eigenvalue weighted by Crippen LogP contribution is 2.43. The molecule has 2 aliphatic heterocycles. The van der Waals surface area contributed by atoms with Gasteiger partial charge in [0, 0.05) is 22.2 Å². The molecule has 0 radical (unpaired) electrons. The Morgan fingerprint density at radius 1 is 1.23 bits per heavy atom. The van der Waals surface area contributed by atoms with Gasteiger partial charge in [-0.15, -0.1) is 0 Å². The predicted molar refractivity (Wildman–Crippen MR) is 137 cm³/mol. The number of anilines is 1. The van der Waals surface area contributed by atoms with Crippen LogP contribution in [0.5, 0.6) is 11.5 Å². The van der Waals surface area contributed by atoms with E-state index >= 15 is 0 Å². The second-order valence-corrected chi connectivity index (χ2v) is 10.4. The minimum absolute atomic E-state index is 0.135. The standard InChI is InChI=1S/C25H25BrN4O4S/c1-3-4-5-8-11-35-25-27-23(32)22-16-9-6-7-10-19(16)29(15(2)31)24(30(22)28-25)17-12-20-21(13-18(17)26)34-14-33-20/h6-7,9-10,12-13,24H,3-5,8,11,14H2,1-2H3/p+1. The van der Waals surface area contributed by atoms with Crippen LogP contribution in [0.4, 0.5) is 5.69 Å². The summed E-state index contributed by atoms with van der Waals surface area (Å²) in [6.45, 7) is 3.84. The molecule has 0 fully saturated rings. The zero-order valence-corrected chi connectivity index (χ0v) is 21.9. The summed E-state index contributed by atoms with van der Waals surface area (Å²) in [5.74, 6) is 1.90. The number of nitrogens with one attached hydrogen (secondary N) is 1. The number of amides is 1. The molecule has 1 unspecified atom stereocenters. The van der Waals surface area contributed by atoms with Crippen molar-refractivity contribution in [2.75, 3.05) is 17.4 Å². The van der Waals surface area contributed by atoms with E-state index in [1.807, 2.05) is 36.4 Å². The number of nitrogens with zero attached hydrogens (tertiary/aromatic N) is 3. The van der Waals surface area contributed by atoms with Gasteiger partial charge in [-0.2, -0.15) is 0 Å². The highest BCUT2D eigenvalue weighted by atomic mass is 79.9. The highest BCUT2D eigenvalue weighted by molar-refractivity contribution is 9.10. The second-order valence-electron chi connectivity index (χ2n) is 8.47. The van der Waals surface area contributed by atoms with E-state index in [0.717, 1.165) is 28.6 Å². The Kier molecular flexibility index (Phi) is 6.84. The van der Waals surface area contributed by atoms with Crippen LogP contribution in [-0.4, -0.2) is 28.5 Å². The summed E-state index contributed by atoms with van der Waals surface area (Å²) in [6.07, 6.45) is 3.85. The van der Waals surface area contributed by atoms with Crippen LogP contribution in [0.2, 0.25) is 0 Å². The number of rotatable bonds is 7. The summed E-state index contributed by atoms with van der Waals surface area (Å²) in [7, 11) is 0. The SMILES string of the molecule is CCCCCCSc1n[n+]2c(c(=O)[nH]1)-c1ccccc1N(C(C)=O)C2c1cc2c(cc1Br)OCO2. The molecule has 0 spiro atoms. The molecule has 0 saturated heterocycles. The van der Waals surface area contributed by atoms with Gasteiger partial charge in [0.25, 0.3) is 6.17 Å². The quantitative estimate of drug-likeness (QED) is 0.255. The highest BCUT2D eigenvalue weighted by Gasteiger charge is 2.46. The maximum Gasteiger partial charge on any atom is 0.325 e. The maximum atomic E-state index is 13.4. The van der Waals surface area contributed by atoms with Crippen LogP contribution in [0.1, 0.15) is 51.3 Å². The first-order chi connectivity index (χ1) is 17.0. The van der Waals surface area contributed by atoms with Gasteiger partial charge in [0.1, 0.15) is 0 Å². The number of hydrogen-bond donors (Lipinski definition) is 1.